The fraction of sp³-hybridized carbons (Fsp3) is 0.167. The Kier molecular flexibility index (Phi) is 7.85. The Morgan fingerprint density at radius 1 is 0.588 bits per heavy atom. The van der Waals surface area contributed by atoms with Gasteiger partial charge in [-0.25, -0.2) is 19.9 Å². The van der Waals surface area contributed by atoms with Gasteiger partial charge in [0.2, 0.25) is 0 Å². The monoisotopic (exact) mass is 500 g/mol. The molecule has 0 saturated carbocycles. The smallest absolute Gasteiger partial charge is 0.543 e. The fourth-order valence-corrected chi connectivity index (χ4v) is 4.54. The molecular formula is C24H14K2N4O4. The van der Waals surface area contributed by atoms with Crippen LogP contribution in [0.5, 0.6) is 0 Å². The predicted octanol–water partition coefficient (Wildman–Crippen LogP) is -5.31. The molecule has 2 aliphatic rings. The topological polar surface area (TPSA) is 132 Å². The van der Waals surface area contributed by atoms with Crippen molar-refractivity contribution in [1.82, 2.24) is 19.9 Å². The summed E-state index contributed by atoms with van der Waals surface area (Å²) in [5.74, 6) is -2.67. The van der Waals surface area contributed by atoms with Crippen molar-refractivity contribution in [1.29, 1.82) is 0 Å². The van der Waals surface area contributed by atoms with Gasteiger partial charge in [0.25, 0.3) is 0 Å². The average Bonchev–Trinajstić information content (AvgIpc) is 2.80. The van der Waals surface area contributed by atoms with Gasteiger partial charge in [0.05, 0.1) is 46.1 Å². The van der Waals surface area contributed by atoms with E-state index in [1.54, 1.807) is 12.1 Å². The number of pyridine rings is 4. The van der Waals surface area contributed by atoms with Crippen LogP contribution in [-0.2, 0) is 25.7 Å². The quantitative estimate of drug-likeness (QED) is 0.249. The van der Waals surface area contributed by atoms with Crippen LogP contribution in [0, 0.1) is 0 Å². The number of aromatic nitrogens is 4. The second kappa shape index (κ2) is 10.2. The van der Waals surface area contributed by atoms with Gasteiger partial charge in [0.1, 0.15) is 0 Å². The van der Waals surface area contributed by atoms with Crippen molar-refractivity contribution < 1.29 is 123 Å². The van der Waals surface area contributed by atoms with E-state index in [2.05, 4.69) is 9.97 Å². The molecule has 156 valence electrons. The summed E-state index contributed by atoms with van der Waals surface area (Å²) in [5.41, 5.74) is 6.34. The molecule has 0 N–H and O–H groups in total. The standard InChI is InChI=1S/C24H16N4O4.2K/c29-23(30)16-7-5-11-1-3-13-9-15-10-14-4-2-12-6-8-17(24(31)32)26-19(12)21(14)28-22(15)27-20(13)18(11)25-16;;/h5-10H,1-4H2,(H,29,30)(H,31,32);;/q;2*+1/p-2. The molecule has 0 atom stereocenters. The van der Waals surface area contributed by atoms with E-state index in [1.807, 2.05) is 12.1 Å². The van der Waals surface area contributed by atoms with E-state index < -0.39 is 11.9 Å². The summed E-state index contributed by atoms with van der Waals surface area (Å²) >= 11 is 0. The predicted molar refractivity (Wildman–Crippen MR) is 109 cm³/mol. The summed E-state index contributed by atoms with van der Waals surface area (Å²) in [6.07, 6.45) is 3.04. The number of aryl methyl sites for hydroxylation is 4. The normalized spacial score (nSPS) is 12.8. The first-order chi connectivity index (χ1) is 15.5. The van der Waals surface area contributed by atoms with Crippen molar-refractivity contribution in [3.8, 4) is 22.8 Å². The summed E-state index contributed by atoms with van der Waals surface area (Å²) < 4.78 is 0. The van der Waals surface area contributed by atoms with E-state index >= 15 is 0 Å². The number of fused-ring (bicyclic) bond motifs is 7. The van der Waals surface area contributed by atoms with Crippen molar-refractivity contribution >= 4 is 23.0 Å². The van der Waals surface area contributed by atoms with Gasteiger partial charge >= 0.3 is 103 Å². The number of hydrogen-bond acceptors (Lipinski definition) is 8. The van der Waals surface area contributed by atoms with Crippen LogP contribution in [0.2, 0.25) is 0 Å². The molecule has 10 heteroatoms. The molecule has 8 nitrogen and oxygen atoms in total. The van der Waals surface area contributed by atoms with Gasteiger partial charge in [-0.05, 0) is 72.2 Å². The van der Waals surface area contributed by atoms with Crippen molar-refractivity contribution in [3.05, 3.63) is 70.0 Å². The molecule has 34 heavy (non-hydrogen) atoms. The molecule has 4 aromatic heterocycles. The number of carboxylic acid groups (broad SMARTS) is 2. The van der Waals surface area contributed by atoms with Gasteiger partial charge in [-0.1, -0.05) is 12.1 Å². The molecule has 0 bridgehead atoms. The van der Waals surface area contributed by atoms with Crippen LogP contribution in [-0.4, -0.2) is 31.9 Å². The molecular weight excluding hydrogens is 486 g/mol. The number of aromatic carboxylic acids is 2. The number of nitrogens with zero attached hydrogens (tertiary/aromatic N) is 4. The zero-order valence-electron chi connectivity index (χ0n) is 18.7. The number of carbonyl (C=O) groups excluding carboxylic acids is 2. The van der Waals surface area contributed by atoms with Crippen LogP contribution in [0.25, 0.3) is 33.8 Å². The van der Waals surface area contributed by atoms with Crippen molar-refractivity contribution in [2.45, 2.75) is 25.7 Å². The van der Waals surface area contributed by atoms with E-state index in [1.165, 1.54) is 12.1 Å². The Labute approximate surface area is 279 Å². The van der Waals surface area contributed by atoms with Gasteiger partial charge in [-0.3, -0.25) is 0 Å². The maximum atomic E-state index is 11.3. The SMILES string of the molecule is O=C([O-])c1ccc2c(n1)-c1nc3nc4c(cc3cc1CC2)CCc1ccc(C(=O)[O-])nc1-4.[K+].[K+]. The van der Waals surface area contributed by atoms with Crippen LogP contribution < -0.4 is 113 Å². The molecule has 4 heterocycles. The van der Waals surface area contributed by atoms with Crippen LogP contribution in [0.3, 0.4) is 0 Å². The Morgan fingerprint density at radius 3 is 1.38 bits per heavy atom. The summed E-state index contributed by atoms with van der Waals surface area (Å²) in [6, 6.07) is 10.5. The molecule has 0 aromatic carbocycles. The maximum Gasteiger partial charge on any atom is 1.00 e. The van der Waals surface area contributed by atoms with Crippen LogP contribution >= 0.6 is 0 Å². The van der Waals surface area contributed by atoms with Gasteiger partial charge in [-0.2, -0.15) is 0 Å². The first kappa shape index (κ1) is 26.1. The first-order valence-corrected chi connectivity index (χ1v) is 10.2. The summed E-state index contributed by atoms with van der Waals surface area (Å²) in [5, 5.41) is 23.5. The number of carbonyl (C=O) groups is 2. The third-order valence-corrected chi connectivity index (χ3v) is 6.11. The maximum absolute atomic E-state index is 11.3. The average molecular weight is 501 g/mol. The first-order valence-electron chi connectivity index (χ1n) is 10.2. The Hall–Kier alpha value is -0.927. The summed E-state index contributed by atoms with van der Waals surface area (Å²) in [4.78, 5) is 40.7. The molecule has 6 rings (SSSR count). The Bertz CT molecular complexity index is 1400. The summed E-state index contributed by atoms with van der Waals surface area (Å²) in [7, 11) is 0. The fourth-order valence-electron chi connectivity index (χ4n) is 4.54. The minimum atomic E-state index is -1.33. The van der Waals surface area contributed by atoms with Gasteiger partial charge < -0.3 is 19.8 Å². The number of hydrogen-bond donors (Lipinski definition) is 0. The molecule has 0 fully saturated rings. The molecule has 0 saturated heterocycles. The number of rotatable bonds is 2. The van der Waals surface area contributed by atoms with Gasteiger partial charge in [-0.15, -0.1) is 0 Å². The molecule has 0 unspecified atom stereocenters. The molecule has 2 aliphatic carbocycles. The molecule has 4 aromatic rings. The van der Waals surface area contributed by atoms with Gasteiger partial charge in [0, 0.05) is 5.39 Å². The second-order valence-corrected chi connectivity index (χ2v) is 8.02. The van der Waals surface area contributed by atoms with Crippen molar-refractivity contribution in [3.63, 3.8) is 0 Å². The zero-order valence-corrected chi connectivity index (χ0v) is 25.0. The largest absolute Gasteiger partial charge is 1.00 e. The third-order valence-electron chi connectivity index (χ3n) is 6.11. The van der Waals surface area contributed by atoms with E-state index in [0.717, 1.165) is 53.3 Å². The van der Waals surface area contributed by atoms with Crippen molar-refractivity contribution in [2.75, 3.05) is 0 Å². The second-order valence-electron chi connectivity index (χ2n) is 8.02. The van der Waals surface area contributed by atoms with E-state index in [4.69, 9.17) is 9.97 Å². The molecule has 0 aliphatic heterocycles. The van der Waals surface area contributed by atoms with Crippen LogP contribution in [0.1, 0.15) is 43.2 Å². The molecule has 0 spiro atoms. The Balaban J connectivity index is 0.00000137. The van der Waals surface area contributed by atoms with Crippen LogP contribution in [0.4, 0.5) is 0 Å². The molecule has 0 radical (unpaired) electrons. The Morgan fingerprint density at radius 2 is 0.971 bits per heavy atom. The van der Waals surface area contributed by atoms with E-state index in [9.17, 15) is 19.8 Å². The van der Waals surface area contributed by atoms with Gasteiger partial charge in [0.15, 0.2) is 5.65 Å². The van der Waals surface area contributed by atoms with E-state index in [0.29, 0.717) is 28.4 Å². The van der Waals surface area contributed by atoms with Crippen LogP contribution in [0.15, 0.2) is 36.4 Å². The van der Waals surface area contributed by atoms with E-state index in [-0.39, 0.29) is 114 Å². The molecule has 0 amide bonds. The third kappa shape index (κ3) is 4.49. The number of carboxylic acids is 2. The minimum absolute atomic E-state index is 0. The summed E-state index contributed by atoms with van der Waals surface area (Å²) in [6.45, 7) is 0. The van der Waals surface area contributed by atoms with Crippen molar-refractivity contribution in [2.24, 2.45) is 0 Å². The zero-order chi connectivity index (χ0) is 22.0. The minimum Gasteiger partial charge on any atom is -0.543 e.